The van der Waals surface area contributed by atoms with E-state index >= 15 is 0 Å². The number of carbonyl (C=O) groups excluding carboxylic acids is 1. The third-order valence-electron chi connectivity index (χ3n) is 4.48. The van der Waals surface area contributed by atoms with Gasteiger partial charge >= 0.3 is 10.2 Å². The van der Waals surface area contributed by atoms with Gasteiger partial charge in [-0.1, -0.05) is 0 Å². The third-order valence-corrected chi connectivity index (χ3v) is 7.77. The molecule has 9 nitrogen and oxygen atoms in total. The maximum absolute atomic E-state index is 12.7. The monoisotopic (exact) mass is 418 g/mol. The van der Waals surface area contributed by atoms with Gasteiger partial charge in [-0.25, -0.2) is 12.7 Å². The Morgan fingerprint density at radius 1 is 1.11 bits per heavy atom. The Kier molecular flexibility index (Phi) is 6.51. The van der Waals surface area contributed by atoms with Crippen LogP contribution < -0.4 is 4.72 Å². The SMILES string of the molecule is CCN1CC(CN(C)S(=O)(=O)c2ccc(NS(=O)(=O)N(C)C)cc2)CC1=O. The molecule has 0 aliphatic carbocycles. The highest BCUT2D eigenvalue weighted by Gasteiger charge is 2.32. The normalized spacial score (nSPS) is 18.5. The zero-order chi connectivity index (χ0) is 20.4. The summed E-state index contributed by atoms with van der Waals surface area (Å²) < 4.78 is 53.7. The highest BCUT2D eigenvalue weighted by molar-refractivity contribution is 7.90. The molecule has 152 valence electrons. The van der Waals surface area contributed by atoms with E-state index in [0.717, 1.165) is 4.31 Å². The molecule has 1 saturated heterocycles. The second-order valence-corrected chi connectivity index (χ2v) is 10.6. The van der Waals surface area contributed by atoms with Crippen LogP contribution in [0.4, 0.5) is 5.69 Å². The molecule has 0 aromatic heterocycles. The molecule has 2 rings (SSSR count). The lowest BCUT2D eigenvalue weighted by atomic mass is 10.1. The Labute approximate surface area is 161 Å². The van der Waals surface area contributed by atoms with Crippen LogP contribution in [0.15, 0.2) is 29.2 Å². The standard InChI is InChI=1S/C16H26N4O5S2/c1-5-20-12-13(10-16(20)21)11-19(4)26(22,23)15-8-6-14(7-9-15)17-27(24,25)18(2)3/h6-9,13,17H,5,10-12H2,1-4H3. The molecule has 1 fully saturated rings. The quantitative estimate of drug-likeness (QED) is 0.657. The number of amides is 1. The minimum absolute atomic E-state index is 0.0385. The smallest absolute Gasteiger partial charge is 0.301 e. The topological polar surface area (TPSA) is 107 Å². The fourth-order valence-corrected chi connectivity index (χ4v) is 4.72. The van der Waals surface area contributed by atoms with Gasteiger partial charge in [-0.15, -0.1) is 0 Å². The Bertz CT molecular complexity index is 882. The molecular formula is C16H26N4O5S2. The van der Waals surface area contributed by atoms with Crippen molar-refractivity contribution in [1.82, 2.24) is 13.5 Å². The van der Waals surface area contributed by atoms with Crippen molar-refractivity contribution < 1.29 is 21.6 Å². The van der Waals surface area contributed by atoms with E-state index in [1.165, 1.54) is 49.7 Å². The molecule has 0 saturated carbocycles. The van der Waals surface area contributed by atoms with Crippen molar-refractivity contribution in [3.05, 3.63) is 24.3 Å². The summed E-state index contributed by atoms with van der Waals surface area (Å²) in [6.07, 6.45) is 0.346. The van der Waals surface area contributed by atoms with Crippen LogP contribution in [-0.2, 0) is 25.0 Å². The number of hydrogen-bond donors (Lipinski definition) is 1. The zero-order valence-electron chi connectivity index (χ0n) is 15.9. The average molecular weight is 419 g/mol. The van der Waals surface area contributed by atoms with Gasteiger partial charge in [0.15, 0.2) is 0 Å². The van der Waals surface area contributed by atoms with Crippen LogP contribution in [0.3, 0.4) is 0 Å². The van der Waals surface area contributed by atoms with Crippen molar-refractivity contribution >= 4 is 31.8 Å². The van der Waals surface area contributed by atoms with Crippen molar-refractivity contribution in [3.8, 4) is 0 Å². The van der Waals surface area contributed by atoms with Gasteiger partial charge in [0.05, 0.1) is 4.90 Å². The molecule has 1 atom stereocenters. The fourth-order valence-electron chi connectivity index (χ4n) is 2.86. The van der Waals surface area contributed by atoms with Gasteiger partial charge in [0.1, 0.15) is 0 Å². The summed E-state index contributed by atoms with van der Waals surface area (Å²) in [5.41, 5.74) is 0.269. The van der Waals surface area contributed by atoms with E-state index in [-0.39, 0.29) is 29.0 Å². The van der Waals surface area contributed by atoms with Gasteiger partial charge in [0.2, 0.25) is 15.9 Å². The highest BCUT2D eigenvalue weighted by Crippen LogP contribution is 2.23. The van der Waals surface area contributed by atoms with Crippen LogP contribution >= 0.6 is 0 Å². The molecule has 0 bridgehead atoms. The van der Waals surface area contributed by atoms with Crippen molar-refractivity contribution in [2.24, 2.45) is 5.92 Å². The van der Waals surface area contributed by atoms with Crippen LogP contribution in [0.25, 0.3) is 0 Å². The third kappa shape index (κ3) is 4.98. The number of sulfonamides is 1. The van der Waals surface area contributed by atoms with Crippen molar-refractivity contribution in [2.75, 3.05) is 45.5 Å². The molecule has 1 amide bonds. The van der Waals surface area contributed by atoms with Gasteiger partial charge in [-0.05, 0) is 37.1 Å². The number of nitrogens with one attached hydrogen (secondary N) is 1. The first-order valence-corrected chi connectivity index (χ1v) is 11.4. The molecule has 1 heterocycles. The molecule has 1 aliphatic rings. The number of anilines is 1. The molecule has 0 radical (unpaired) electrons. The zero-order valence-corrected chi connectivity index (χ0v) is 17.5. The van der Waals surface area contributed by atoms with Gasteiger partial charge < -0.3 is 4.90 Å². The van der Waals surface area contributed by atoms with E-state index in [9.17, 15) is 21.6 Å². The molecule has 1 aromatic carbocycles. The number of carbonyl (C=O) groups is 1. The van der Waals surface area contributed by atoms with E-state index < -0.39 is 20.2 Å². The summed E-state index contributed by atoms with van der Waals surface area (Å²) in [5.74, 6) is 0.00854. The van der Waals surface area contributed by atoms with Crippen LogP contribution in [0.5, 0.6) is 0 Å². The Balaban J connectivity index is 2.09. The summed E-state index contributed by atoms with van der Waals surface area (Å²) in [4.78, 5) is 13.6. The van der Waals surface area contributed by atoms with Crippen LogP contribution in [0.1, 0.15) is 13.3 Å². The molecule has 1 aliphatic heterocycles. The second kappa shape index (κ2) is 8.13. The Hall–Kier alpha value is -1.69. The van der Waals surface area contributed by atoms with Crippen LogP contribution in [0, 0.1) is 5.92 Å². The van der Waals surface area contributed by atoms with Gasteiger partial charge in [-0.3, -0.25) is 9.52 Å². The Morgan fingerprint density at radius 2 is 1.70 bits per heavy atom. The minimum atomic E-state index is -3.73. The summed E-state index contributed by atoms with van der Waals surface area (Å²) in [6, 6.07) is 5.52. The van der Waals surface area contributed by atoms with E-state index in [1.807, 2.05) is 6.92 Å². The summed E-state index contributed by atoms with van der Waals surface area (Å²) >= 11 is 0. The molecule has 1 N–H and O–H groups in total. The first kappa shape index (κ1) is 21.6. The van der Waals surface area contributed by atoms with Crippen LogP contribution in [-0.4, -0.2) is 77.0 Å². The molecule has 1 unspecified atom stereocenters. The lowest BCUT2D eigenvalue weighted by Gasteiger charge is -2.21. The first-order valence-electron chi connectivity index (χ1n) is 8.51. The molecule has 11 heteroatoms. The highest BCUT2D eigenvalue weighted by atomic mass is 32.2. The number of likely N-dealkylation sites (tertiary alicyclic amines) is 1. The van der Waals surface area contributed by atoms with Crippen LogP contribution in [0.2, 0.25) is 0 Å². The minimum Gasteiger partial charge on any atom is -0.343 e. The molecule has 0 spiro atoms. The fraction of sp³-hybridized carbons (Fsp3) is 0.562. The molecule has 1 aromatic rings. The summed E-state index contributed by atoms with van der Waals surface area (Å²) in [6.45, 7) is 3.32. The van der Waals surface area contributed by atoms with Crippen molar-refractivity contribution in [2.45, 2.75) is 18.2 Å². The number of rotatable bonds is 8. The molecule has 27 heavy (non-hydrogen) atoms. The number of hydrogen-bond acceptors (Lipinski definition) is 5. The summed E-state index contributed by atoms with van der Waals surface area (Å²) in [7, 11) is -3.12. The van der Waals surface area contributed by atoms with Gasteiger partial charge in [-0.2, -0.15) is 12.7 Å². The van der Waals surface area contributed by atoms with Gasteiger partial charge in [0, 0.05) is 52.9 Å². The predicted molar refractivity (Wildman–Crippen MR) is 103 cm³/mol. The van der Waals surface area contributed by atoms with E-state index in [1.54, 1.807) is 4.90 Å². The van der Waals surface area contributed by atoms with E-state index in [0.29, 0.717) is 19.5 Å². The van der Waals surface area contributed by atoms with Crippen molar-refractivity contribution in [1.29, 1.82) is 0 Å². The largest absolute Gasteiger partial charge is 0.343 e. The van der Waals surface area contributed by atoms with Gasteiger partial charge in [0.25, 0.3) is 0 Å². The predicted octanol–water partition coefficient (Wildman–Crippen LogP) is 0.394. The van der Waals surface area contributed by atoms with E-state index in [2.05, 4.69) is 4.72 Å². The maximum atomic E-state index is 12.7. The number of benzene rings is 1. The second-order valence-electron chi connectivity index (χ2n) is 6.70. The maximum Gasteiger partial charge on any atom is 0.301 e. The van der Waals surface area contributed by atoms with Crippen molar-refractivity contribution in [3.63, 3.8) is 0 Å². The lowest BCUT2D eigenvalue weighted by molar-refractivity contribution is -0.127. The average Bonchev–Trinajstić information content (AvgIpc) is 2.94. The summed E-state index contributed by atoms with van der Waals surface area (Å²) in [5, 5.41) is 0. The van der Waals surface area contributed by atoms with E-state index in [4.69, 9.17) is 0 Å². The molecular weight excluding hydrogens is 392 g/mol. The lowest BCUT2D eigenvalue weighted by Crippen LogP contribution is -2.33. The Morgan fingerprint density at radius 3 is 2.19 bits per heavy atom. The first-order chi connectivity index (χ1) is 12.5. The number of nitrogens with zero attached hydrogens (tertiary/aromatic N) is 3.